The first-order chi connectivity index (χ1) is 8.51. The number of carbonyl (C=O) groups is 1. The third kappa shape index (κ3) is 3.32. The molecule has 1 aromatic heterocycles. The lowest BCUT2D eigenvalue weighted by atomic mass is 10.1. The summed E-state index contributed by atoms with van der Waals surface area (Å²) in [4.78, 5) is 11.0. The molecular formula is C13H22N2O3. The van der Waals surface area contributed by atoms with Crippen LogP contribution in [0.4, 0.5) is 0 Å². The van der Waals surface area contributed by atoms with Crippen molar-refractivity contribution in [1.82, 2.24) is 9.78 Å². The van der Waals surface area contributed by atoms with Crippen molar-refractivity contribution in [2.24, 2.45) is 0 Å². The SMILES string of the molecule is CCOC(CCn1nc(C)c(CC)c1C)C(=O)O. The molecule has 1 unspecified atom stereocenters. The van der Waals surface area contributed by atoms with Crippen LogP contribution in [0.25, 0.3) is 0 Å². The minimum absolute atomic E-state index is 0.411. The number of carboxylic acid groups (broad SMARTS) is 1. The van der Waals surface area contributed by atoms with Gasteiger partial charge in [0.15, 0.2) is 6.10 Å². The zero-order valence-corrected chi connectivity index (χ0v) is 11.6. The lowest BCUT2D eigenvalue weighted by molar-refractivity contribution is -0.150. The van der Waals surface area contributed by atoms with Crippen molar-refractivity contribution in [3.05, 3.63) is 17.0 Å². The minimum Gasteiger partial charge on any atom is -0.479 e. The van der Waals surface area contributed by atoms with Crippen LogP contribution in [0, 0.1) is 13.8 Å². The molecular weight excluding hydrogens is 232 g/mol. The molecule has 5 nitrogen and oxygen atoms in total. The predicted octanol–water partition coefficient (Wildman–Crippen LogP) is 1.94. The molecule has 0 fully saturated rings. The van der Waals surface area contributed by atoms with Crippen molar-refractivity contribution in [1.29, 1.82) is 0 Å². The maximum absolute atomic E-state index is 11.0. The van der Waals surface area contributed by atoms with Gasteiger partial charge in [0.1, 0.15) is 0 Å². The molecule has 1 rings (SSSR count). The summed E-state index contributed by atoms with van der Waals surface area (Å²) in [5.41, 5.74) is 3.40. The molecule has 0 aromatic carbocycles. The summed E-state index contributed by atoms with van der Waals surface area (Å²) >= 11 is 0. The highest BCUT2D eigenvalue weighted by molar-refractivity contribution is 5.72. The van der Waals surface area contributed by atoms with E-state index in [4.69, 9.17) is 9.84 Å². The van der Waals surface area contributed by atoms with Gasteiger partial charge in [-0.1, -0.05) is 6.92 Å². The zero-order chi connectivity index (χ0) is 13.7. The Kier molecular flexibility index (Phi) is 5.34. The Morgan fingerprint density at radius 1 is 1.44 bits per heavy atom. The minimum atomic E-state index is -0.908. The third-order valence-corrected chi connectivity index (χ3v) is 3.13. The van der Waals surface area contributed by atoms with Crippen LogP contribution in [0.2, 0.25) is 0 Å². The molecule has 0 saturated carbocycles. The van der Waals surface area contributed by atoms with Crippen LogP contribution in [0.1, 0.15) is 37.2 Å². The van der Waals surface area contributed by atoms with E-state index in [2.05, 4.69) is 12.0 Å². The van der Waals surface area contributed by atoms with Crippen molar-refractivity contribution in [3.63, 3.8) is 0 Å². The van der Waals surface area contributed by atoms with E-state index in [1.54, 1.807) is 6.92 Å². The lowest BCUT2D eigenvalue weighted by Gasteiger charge is -2.12. The smallest absolute Gasteiger partial charge is 0.332 e. The normalized spacial score (nSPS) is 12.7. The molecule has 0 radical (unpaired) electrons. The average molecular weight is 254 g/mol. The molecule has 0 spiro atoms. The zero-order valence-electron chi connectivity index (χ0n) is 11.6. The van der Waals surface area contributed by atoms with Crippen molar-refractivity contribution >= 4 is 5.97 Å². The van der Waals surface area contributed by atoms with Gasteiger partial charge in [-0.3, -0.25) is 4.68 Å². The molecule has 1 atom stereocenters. The fourth-order valence-electron chi connectivity index (χ4n) is 2.18. The number of nitrogens with zero attached hydrogens (tertiary/aromatic N) is 2. The second-order valence-electron chi connectivity index (χ2n) is 4.30. The Balaban J connectivity index is 2.70. The van der Waals surface area contributed by atoms with E-state index in [9.17, 15) is 4.79 Å². The summed E-state index contributed by atoms with van der Waals surface area (Å²) in [6.45, 7) is 8.89. The summed E-state index contributed by atoms with van der Waals surface area (Å²) in [5, 5.41) is 13.4. The van der Waals surface area contributed by atoms with Crippen molar-refractivity contribution < 1.29 is 14.6 Å². The molecule has 0 aliphatic rings. The van der Waals surface area contributed by atoms with Crippen LogP contribution in [0.3, 0.4) is 0 Å². The van der Waals surface area contributed by atoms with Crippen LogP contribution in [0.15, 0.2) is 0 Å². The summed E-state index contributed by atoms with van der Waals surface area (Å²) in [7, 11) is 0. The fraction of sp³-hybridized carbons (Fsp3) is 0.692. The van der Waals surface area contributed by atoms with Crippen molar-refractivity contribution in [2.75, 3.05) is 6.61 Å². The van der Waals surface area contributed by atoms with Crippen LogP contribution in [-0.2, 0) is 22.5 Å². The molecule has 0 aliphatic heterocycles. The molecule has 0 saturated heterocycles. The summed E-state index contributed by atoms with van der Waals surface area (Å²) in [6.07, 6.45) is 0.642. The molecule has 102 valence electrons. The van der Waals surface area contributed by atoms with Gasteiger partial charge in [-0.2, -0.15) is 5.10 Å². The molecule has 1 N–H and O–H groups in total. The summed E-state index contributed by atoms with van der Waals surface area (Å²) in [6, 6.07) is 0. The Morgan fingerprint density at radius 2 is 2.11 bits per heavy atom. The van der Waals surface area contributed by atoms with E-state index in [-0.39, 0.29) is 0 Å². The van der Waals surface area contributed by atoms with Crippen LogP contribution in [-0.4, -0.2) is 33.6 Å². The highest BCUT2D eigenvalue weighted by atomic mass is 16.5. The maximum Gasteiger partial charge on any atom is 0.332 e. The van der Waals surface area contributed by atoms with Gasteiger partial charge in [-0.05, 0) is 32.8 Å². The second kappa shape index (κ2) is 6.54. The number of rotatable bonds is 7. The first-order valence-corrected chi connectivity index (χ1v) is 6.38. The Labute approximate surface area is 108 Å². The topological polar surface area (TPSA) is 64.4 Å². The van der Waals surface area contributed by atoms with Crippen molar-refractivity contribution in [2.45, 2.75) is 53.2 Å². The fourth-order valence-corrected chi connectivity index (χ4v) is 2.18. The molecule has 18 heavy (non-hydrogen) atoms. The van der Waals surface area contributed by atoms with Gasteiger partial charge in [0.2, 0.25) is 0 Å². The monoisotopic (exact) mass is 254 g/mol. The van der Waals surface area contributed by atoms with Crippen molar-refractivity contribution in [3.8, 4) is 0 Å². The predicted molar refractivity (Wildman–Crippen MR) is 68.7 cm³/mol. The number of carboxylic acids is 1. The third-order valence-electron chi connectivity index (χ3n) is 3.13. The van der Waals surface area contributed by atoms with E-state index < -0.39 is 12.1 Å². The largest absolute Gasteiger partial charge is 0.479 e. The summed E-state index contributed by atoms with van der Waals surface area (Å²) in [5.74, 6) is -0.908. The summed E-state index contributed by atoms with van der Waals surface area (Å²) < 4.78 is 7.07. The molecule has 1 aromatic rings. The first kappa shape index (κ1) is 14.7. The van der Waals surface area contributed by atoms with Gasteiger partial charge in [0.25, 0.3) is 0 Å². The molecule has 0 amide bonds. The number of hydrogen-bond donors (Lipinski definition) is 1. The Bertz CT molecular complexity index is 413. The van der Waals surface area contributed by atoms with Gasteiger partial charge in [0, 0.05) is 25.3 Å². The maximum atomic E-state index is 11.0. The lowest BCUT2D eigenvalue weighted by Crippen LogP contribution is -2.26. The van der Waals surface area contributed by atoms with Gasteiger partial charge in [0.05, 0.1) is 5.69 Å². The quantitative estimate of drug-likeness (QED) is 0.807. The van der Waals surface area contributed by atoms with Gasteiger partial charge >= 0.3 is 5.97 Å². The van der Waals surface area contributed by atoms with Gasteiger partial charge in [-0.15, -0.1) is 0 Å². The average Bonchev–Trinajstić information content (AvgIpc) is 2.59. The van der Waals surface area contributed by atoms with Gasteiger partial charge in [-0.25, -0.2) is 4.79 Å². The number of ether oxygens (including phenoxy) is 1. The van der Waals surface area contributed by atoms with E-state index in [0.29, 0.717) is 19.6 Å². The number of aryl methyl sites for hydroxylation is 2. The van der Waals surface area contributed by atoms with E-state index in [0.717, 1.165) is 17.8 Å². The van der Waals surface area contributed by atoms with E-state index in [1.807, 2.05) is 18.5 Å². The van der Waals surface area contributed by atoms with Crippen LogP contribution >= 0.6 is 0 Å². The van der Waals surface area contributed by atoms with E-state index >= 15 is 0 Å². The highest BCUT2D eigenvalue weighted by Crippen LogP contribution is 2.14. The van der Waals surface area contributed by atoms with Crippen LogP contribution in [0.5, 0.6) is 0 Å². The Hall–Kier alpha value is -1.36. The molecule has 0 bridgehead atoms. The second-order valence-corrected chi connectivity index (χ2v) is 4.30. The van der Waals surface area contributed by atoms with Crippen LogP contribution < -0.4 is 0 Å². The van der Waals surface area contributed by atoms with Gasteiger partial charge < -0.3 is 9.84 Å². The number of hydrogen-bond acceptors (Lipinski definition) is 3. The molecule has 1 heterocycles. The highest BCUT2D eigenvalue weighted by Gasteiger charge is 2.18. The number of aromatic nitrogens is 2. The Morgan fingerprint density at radius 3 is 2.56 bits per heavy atom. The molecule has 5 heteroatoms. The van der Waals surface area contributed by atoms with E-state index in [1.165, 1.54) is 5.56 Å². The number of aliphatic carboxylic acids is 1. The molecule has 0 aliphatic carbocycles. The standard InChI is InChI=1S/C13H22N2O3/c1-5-11-9(3)14-15(10(11)4)8-7-12(13(16)17)18-6-2/h12H,5-8H2,1-4H3,(H,16,17). The first-order valence-electron chi connectivity index (χ1n) is 6.38.